The van der Waals surface area contributed by atoms with Crippen LogP contribution in [0.3, 0.4) is 0 Å². The summed E-state index contributed by atoms with van der Waals surface area (Å²) in [4.78, 5) is 34.4. The number of nitrogens with one attached hydrogen (secondary N) is 1. The summed E-state index contributed by atoms with van der Waals surface area (Å²) in [5.74, 6) is -0.182. The number of amides is 1. The van der Waals surface area contributed by atoms with Crippen molar-refractivity contribution in [3.05, 3.63) is 110 Å². The van der Waals surface area contributed by atoms with Crippen molar-refractivity contribution in [3.8, 4) is 0 Å². The van der Waals surface area contributed by atoms with Crippen LogP contribution in [-0.4, -0.2) is 20.8 Å². The summed E-state index contributed by atoms with van der Waals surface area (Å²) < 4.78 is 14.2. The molecule has 150 valence electrons. The molecule has 1 heterocycles. The number of para-hydroxylation sites is 1. The molecule has 1 N–H and O–H groups in total. The lowest BCUT2D eigenvalue weighted by molar-refractivity contribution is 0.0725. The second-order valence-electron chi connectivity index (χ2n) is 6.82. The third-order valence-electron chi connectivity index (χ3n) is 4.67. The van der Waals surface area contributed by atoms with Crippen molar-refractivity contribution in [3.63, 3.8) is 0 Å². The monoisotopic (exact) mass is 465 g/mol. The Hall–Kier alpha value is -3.32. The zero-order chi connectivity index (χ0) is 21.1. The van der Waals surface area contributed by atoms with Crippen LogP contribution in [0.5, 0.6) is 0 Å². The molecule has 0 bridgehead atoms. The van der Waals surface area contributed by atoms with Gasteiger partial charge in [0.1, 0.15) is 11.6 Å². The van der Waals surface area contributed by atoms with Gasteiger partial charge in [0.25, 0.3) is 11.5 Å². The number of aromatic nitrogens is 2. The van der Waals surface area contributed by atoms with Crippen LogP contribution in [0.2, 0.25) is 0 Å². The minimum atomic E-state index is -0.343. The Balaban J connectivity index is 1.69. The Bertz CT molecular complexity index is 1250. The molecular formula is C23H17BrFN3O2. The molecule has 0 aliphatic heterocycles. The van der Waals surface area contributed by atoms with E-state index < -0.39 is 0 Å². The Kier molecular flexibility index (Phi) is 5.72. The van der Waals surface area contributed by atoms with Crippen LogP contribution in [0.15, 0.2) is 82.1 Å². The van der Waals surface area contributed by atoms with E-state index in [4.69, 9.17) is 0 Å². The molecular weight excluding hydrogens is 449 g/mol. The summed E-state index contributed by atoms with van der Waals surface area (Å²) in [5, 5.41) is 0.491. The molecule has 0 radical (unpaired) electrons. The van der Waals surface area contributed by atoms with E-state index in [2.05, 4.69) is 25.9 Å². The van der Waals surface area contributed by atoms with Crippen LogP contribution < -0.4 is 5.56 Å². The molecule has 0 unspecified atom stereocenters. The van der Waals surface area contributed by atoms with Gasteiger partial charge in [-0.05, 0) is 54.1 Å². The van der Waals surface area contributed by atoms with Gasteiger partial charge in [-0.25, -0.2) is 9.37 Å². The van der Waals surface area contributed by atoms with Gasteiger partial charge in [0.05, 0.1) is 17.4 Å². The standard InChI is InChI=1S/C23H17BrFN3O2/c24-17-9-7-16(8-10-17)23(30)28(13-15-5-11-18(25)12-6-15)14-21-26-20-4-2-1-3-19(20)22(29)27-21/h1-12H,13-14H2,(H,26,27,29). The molecule has 4 aromatic rings. The van der Waals surface area contributed by atoms with Gasteiger partial charge < -0.3 is 9.88 Å². The highest BCUT2D eigenvalue weighted by atomic mass is 79.9. The third kappa shape index (κ3) is 4.46. The van der Waals surface area contributed by atoms with Gasteiger partial charge in [0.2, 0.25) is 0 Å². The van der Waals surface area contributed by atoms with Crippen molar-refractivity contribution in [1.29, 1.82) is 0 Å². The Labute approximate surface area is 180 Å². The largest absolute Gasteiger partial charge is 0.327 e. The fourth-order valence-electron chi connectivity index (χ4n) is 3.18. The number of carbonyl (C=O) groups is 1. The number of H-pyrrole nitrogens is 1. The average molecular weight is 466 g/mol. The summed E-state index contributed by atoms with van der Waals surface area (Å²) in [6.07, 6.45) is 0. The minimum Gasteiger partial charge on any atom is -0.327 e. The lowest BCUT2D eigenvalue weighted by atomic mass is 10.1. The Morgan fingerprint density at radius 2 is 1.67 bits per heavy atom. The minimum absolute atomic E-state index is 0.104. The quantitative estimate of drug-likeness (QED) is 0.465. The van der Waals surface area contributed by atoms with Gasteiger partial charge in [-0.2, -0.15) is 0 Å². The molecule has 0 spiro atoms. The van der Waals surface area contributed by atoms with Crippen molar-refractivity contribution in [1.82, 2.24) is 14.9 Å². The first-order chi connectivity index (χ1) is 14.5. The van der Waals surface area contributed by atoms with E-state index in [1.54, 1.807) is 59.5 Å². The van der Waals surface area contributed by atoms with Crippen LogP contribution in [0.4, 0.5) is 4.39 Å². The van der Waals surface area contributed by atoms with Gasteiger partial charge in [0.15, 0.2) is 0 Å². The second-order valence-corrected chi connectivity index (χ2v) is 7.74. The first kappa shape index (κ1) is 20.0. The first-order valence-corrected chi connectivity index (χ1v) is 10.1. The van der Waals surface area contributed by atoms with Crippen LogP contribution in [0.25, 0.3) is 10.9 Å². The lowest BCUT2D eigenvalue weighted by Crippen LogP contribution is -2.31. The van der Waals surface area contributed by atoms with Gasteiger partial charge in [-0.3, -0.25) is 9.59 Å². The molecule has 0 atom stereocenters. The molecule has 1 amide bonds. The number of nitrogens with zero attached hydrogens (tertiary/aromatic N) is 2. The van der Waals surface area contributed by atoms with Crippen molar-refractivity contribution in [2.75, 3.05) is 0 Å². The summed E-state index contributed by atoms with van der Waals surface area (Å²) in [6.45, 7) is 0.345. The maximum Gasteiger partial charge on any atom is 0.258 e. The molecule has 0 saturated heterocycles. The van der Waals surface area contributed by atoms with Crippen molar-refractivity contribution < 1.29 is 9.18 Å². The number of rotatable bonds is 5. The number of hydrogen-bond acceptors (Lipinski definition) is 3. The fraction of sp³-hybridized carbons (Fsp3) is 0.0870. The molecule has 5 nitrogen and oxygen atoms in total. The number of aromatic amines is 1. The highest BCUT2D eigenvalue weighted by Crippen LogP contribution is 2.17. The van der Waals surface area contributed by atoms with Crippen LogP contribution in [0, 0.1) is 5.82 Å². The zero-order valence-corrected chi connectivity index (χ0v) is 17.4. The fourth-order valence-corrected chi connectivity index (χ4v) is 3.44. The van der Waals surface area contributed by atoms with Gasteiger partial charge in [-0.15, -0.1) is 0 Å². The summed E-state index contributed by atoms with van der Waals surface area (Å²) in [7, 11) is 0. The predicted molar refractivity (Wildman–Crippen MR) is 116 cm³/mol. The zero-order valence-electron chi connectivity index (χ0n) is 15.8. The second kappa shape index (κ2) is 8.59. The number of hydrogen-bond donors (Lipinski definition) is 1. The van der Waals surface area contributed by atoms with Gasteiger partial charge in [-0.1, -0.05) is 40.2 Å². The van der Waals surface area contributed by atoms with Crippen LogP contribution >= 0.6 is 15.9 Å². The molecule has 4 rings (SSSR count). The highest BCUT2D eigenvalue weighted by molar-refractivity contribution is 9.10. The van der Waals surface area contributed by atoms with E-state index in [0.717, 1.165) is 10.0 Å². The molecule has 3 aromatic carbocycles. The van der Waals surface area contributed by atoms with Gasteiger partial charge >= 0.3 is 0 Å². The normalized spacial score (nSPS) is 10.9. The molecule has 0 saturated carbocycles. The molecule has 1 aromatic heterocycles. The topological polar surface area (TPSA) is 66.1 Å². The number of benzene rings is 3. The Morgan fingerprint density at radius 3 is 2.40 bits per heavy atom. The lowest BCUT2D eigenvalue weighted by Gasteiger charge is -2.23. The van der Waals surface area contributed by atoms with Crippen molar-refractivity contribution in [2.24, 2.45) is 0 Å². The first-order valence-electron chi connectivity index (χ1n) is 9.27. The van der Waals surface area contributed by atoms with Crippen molar-refractivity contribution in [2.45, 2.75) is 13.1 Å². The highest BCUT2D eigenvalue weighted by Gasteiger charge is 2.18. The van der Waals surface area contributed by atoms with E-state index in [9.17, 15) is 14.0 Å². The molecule has 0 aliphatic carbocycles. The molecule has 7 heteroatoms. The van der Waals surface area contributed by atoms with E-state index in [0.29, 0.717) is 22.3 Å². The summed E-state index contributed by atoms with van der Waals surface area (Å²) >= 11 is 3.37. The van der Waals surface area contributed by atoms with Crippen LogP contribution in [-0.2, 0) is 13.1 Å². The molecule has 30 heavy (non-hydrogen) atoms. The summed E-state index contributed by atoms with van der Waals surface area (Å²) in [5.41, 5.74) is 1.58. The number of carbonyl (C=O) groups excluding carboxylic acids is 1. The molecule has 0 fully saturated rings. The SMILES string of the molecule is O=C(c1ccc(Br)cc1)N(Cc1ccc(F)cc1)Cc1nc2ccccc2c(=O)[nH]1. The maximum atomic E-state index is 13.3. The smallest absolute Gasteiger partial charge is 0.258 e. The third-order valence-corrected chi connectivity index (χ3v) is 5.20. The number of halogens is 2. The number of fused-ring (bicyclic) bond motifs is 1. The molecule has 0 aliphatic rings. The maximum absolute atomic E-state index is 13.3. The van der Waals surface area contributed by atoms with E-state index in [-0.39, 0.29) is 30.4 Å². The van der Waals surface area contributed by atoms with Crippen molar-refractivity contribution >= 4 is 32.7 Å². The van der Waals surface area contributed by atoms with Gasteiger partial charge in [0, 0.05) is 16.6 Å². The average Bonchev–Trinajstić information content (AvgIpc) is 2.75. The predicted octanol–water partition coefficient (Wildman–Crippen LogP) is 4.67. The van der Waals surface area contributed by atoms with E-state index in [1.807, 2.05) is 6.07 Å². The summed E-state index contributed by atoms with van der Waals surface area (Å²) in [6, 6.07) is 20.0. The Morgan fingerprint density at radius 1 is 0.967 bits per heavy atom. The van der Waals surface area contributed by atoms with E-state index in [1.165, 1.54) is 12.1 Å². The van der Waals surface area contributed by atoms with E-state index >= 15 is 0 Å². The van der Waals surface area contributed by atoms with Crippen LogP contribution in [0.1, 0.15) is 21.7 Å².